The largest absolute Gasteiger partial charge is 0.480 e. The van der Waals surface area contributed by atoms with Crippen LogP contribution in [-0.2, 0) is 4.79 Å². The molecule has 0 aliphatic carbocycles. The van der Waals surface area contributed by atoms with E-state index in [9.17, 15) is 9.90 Å². The number of nitrogens with zero attached hydrogens (tertiary/aromatic N) is 1. The molecule has 2 unspecified atom stereocenters. The fourth-order valence-corrected chi connectivity index (χ4v) is 2.95. The molecule has 0 aromatic carbocycles. The lowest BCUT2D eigenvalue weighted by molar-refractivity contribution is -0.145. The van der Waals surface area contributed by atoms with E-state index in [4.69, 9.17) is 0 Å². The molecule has 0 saturated carbocycles. The van der Waals surface area contributed by atoms with Crippen molar-refractivity contribution in [3.05, 3.63) is 0 Å². The third-order valence-corrected chi connectivity index (χ3v) is 4.19. The predicted molar refractivity (Wildman–Crippen MR) is 78.4 cm³/mol. The Labute approximate surface area is 117 Å². The minimum absolute atomic E-state index is 0.186. The van der Waals surface area contributed by atoms with Gasteiger partial charge in [0, 0.05) is 19.1 Å². The number of nitrogens with one attached hydrogen (secondary N) is 1. The molecular weight excluding hydrogens is 240 g/mol. The lowest BCUT2D eigenvalue weighted by atomic mass is 9.93. The Hall–Kier alpha value is -0.610. The Morgan fingerprint density at radius 3 is 2.74 bits per heavy atom. The molecule has 0 amide bonds. The summed E-state index contributed by atoms with van der Waals surface area (Å²) < 4.78 is 0. The van der Waals surface area contributed by atoms with Crippen LogP contribution in [0.1, 0.15) is 53.4 Å². The van der Waals surface area contributed by atoms with Gasteiger partial charge in [-0.2, -0.15) is 0 Å². The number of carboxylic acid groups (broad SMARTS) is 1. The summed E-state index contributed by atoms with van der Waals surface area (Å²) in [5, 5.41) is 12.6. The summed E-state index contributed by atoms with van der Waals surface area (Å²) in [4.78, 5) is 13.9. The third kappa shape index (κ3) is 5.11. The number of hydrogen-bond acceptors (Lipinski definition) is 3. The van der Waals surface area contributed by atoms with Crippen LogP contribution < -0.4 is 5.32 Å². The van der Waals surface area contributed by atoms with Crippen LogP contribution in [-0.4, -0.2) is 47.2 Å². The normalized spacial score (nSPS) is 24.4. The lowest BCUT2D eigenvalue weighted by Crippen LogP contribution is -2.54. The molecule has 4 heteroatoms. The molecule has 0 bridgehead atoms. The van der Waals surface area contributed by atoms with Crippen molar-refractivity contribution in [1.29, 1.82) is 0 Å². The molecule has 0 aromatic rings. The lowest BCUT2D eigenvalue weighted by Gasteiger charge is -2.35. The molecule has 2 atom stereocenters. The van der Waals surface area contributed by atoms with Gasteiger partial charge < -0.3 is 10.0 Å². The number of likely N-dealkylation sites (tertiary alicyclic amines) is 1. The second-order valence-corrected chi connectivity index (χ2v) is 6.40. The summed E-state index contributed by atoms with van der Waals surface area (Å²) >= 11 is 0. The molecule has 0 radical (unpaired) electrons. The maximum absolute atomic E-state index is 11.5. The quantitative estimate of drug-likeness (QED) is 0.745. The van der Waals surface area contributed by atoms with E-state index in [1.165, 1.54) is 19.3 Å². The van der Waals surface area contributed by atoms with Crippen molar-refractivity contribution in [3.8, 4) is 0 Å². The van der Waals surface area contributed by atoms with E-state index in [1.807, 2.05) is 13.8 Å². The Morgan fingerprint density at radius 1 is 1.53 bits per heavy atom. The van der Waals surface area contributed by atoms with E-state index in [2.05, 4.69) is 17.1 Å². The van der Waals surface area contributed by atoms with Crippen molar-refractivity contribution in [2.45, 2.75) is 65.0 Å². The van der Waals surface area contributed by atoms with Crippen molar-refractivity contribution in [2.75, 3.05) is 19.6 Å². The number of rotatable bonds is 7. The van der Waals surface area contributed by atoms with Crippen LogP contribution in [0.3, 0.4) is 0 Å². The van der Waals surface area contributed by atoms with Crippen molar-refractivity contribution in [3.63, 3.8) is 0 Å². The van der Waals surface area contributed by atoms with Gasteiger partial charge >= 0.3 is 5.97 Å². The molecule has 0 spiro atoms. The fraction of sp³-hybridized carbons (Fsp3) is 0.933. The summed E-state index contributed by atoms with van der Waals surface area (Å²) in [6, 6.07) is 0.186. The summed E-state index contributed by atoms with van der Waals surface area (Å²) in [6.07, 6.45) is 4.47. The van der Waals surface area contributed by atoms with Crippen LogP contribution >= 0.6 is 0 Å². The fourth-order valence-electron chi connectivity index (χ4n) is 2.95. The molecule has 1 fully saturated rings. The van der Waals surface area contributed by atoms with E-state index in [0.717, 1.165) is 25.6 Å². The molecule has 1 aliphatic rings. The van der Waals surface area contributed by atoms with Gasteiger partial charge in [0.25, 0.3) is 0 Å². The van der Waals surface area contributed by atoms with E-state index < -0.39 is 11.5 Å². The first kappa shape index (κ1) is 16.4. The van der Waals surface area contributed by atoms with Gasteiger partial charge in [-0.05, 0) is 52.5 Å². The van der Waals surface area contributed by atoms with E-state index >= 15 is 0 Å². The maximum atomic E-state index is 11.5. The molecule has 4 nitrogen and oxygen atoms in total. The monoisotopic (exact) mass is 270 g/mol. The molecule has 2 N–H and O–H groups in total. The molecule has 1 aliphatic heterocycles. The van der Waals surface area contributed by atoms with Crippen LogP contribution in [0.2, 0.25) is 0 Å². The van der Waals surface area contributed by atoms with Gasteiger partial charge in [-0.3, -0.25) is 10.1 Å². The summed E-state index contributed by atoms with van der Waals surface area (Å²) in [5.74, 6) is 0.0492. The van der Waals surface area contributed by atoms with E-state index in [-0.39, 0.29) is 6.04 Å². The minimum atomic E-state index is -0.812. The van der Waals surface area contributed by atoms with Gasteiger partial charge in [0.2, 0.25) is 0 Å². The Morgan fingerprint density at radius 2 is 2.21 bits per heavy atom. The summed E-state index contributed by atoms with van der Waals surface area (Å²) in [6.45, 7) is 11.2. The first-order chi connectivity index (χ1) is 8.87. The van der Waals surface area contributed by atoms with Crippen LogP contribution in [0.4, 0.5) is 0 Å². The standard InChI is InChI=1S/C15H30N2O2/c1-5-13-7-6-9-17(11-13)10-8-15(4,14(18)19)16-12(2)3/h12-13,16H,5-11H2,1-4H3,(H,18,19). The Bertz CT molecular complexity index is 294. The highest BCUT2D eigenvalue weighted by molar-refractivity contribution is 5.78. The molecule has 19 heavy (non-hydrogen) atoms. The van der Waals surface area contributed by atoms with Crippen LogP contribution in [0, 0.1) is 5.92 Å². The zero-order chi connectivity index (χ0) is 14.5. The number of carbonyl (C=O) groups is 1. The highest BCUT2D eigenvalue weighted by Crippen LogP contribution is 2.21. The molecule has 0 aromatic heterocycles. The SMILES string of the molecule is CCC1CCCN(CCC(C)(NC(C)C)C(=O)O)C1. The average Bonchev–Trinajstić information content (AvgIpc) is 2.35. The van der Waals surface area contributed by atoms with Crippen LogP contribution in [0.5, 0.6) is 0 Å². The Balaban J connectivity index is 2.49. The van der Waals surface area contributed by atoms with Gasteiger partial charge in [-0.1, -0.05) is 13.3 Å². The van der Waals surface area contributed by atoms with Crippen LogP contribution in [0.25, 0.3) is 0 Å². The second kappa shape index (κ2) is 7.25. The third-order valence-electron chi connectivity index (χ3n) is 4.19. The van der Waals surface area contributed by atoms with Gasteiger partial charge in [-0.25, -0.2) is 0 Å². The topological polar surface area (TPSA) is 52.6 Å². The maximum Gasteiger partial charge on any atom is 0.323 e. The molecule has 1 rings (SSSR count). The molecule has 112 valence electrons. The molecule has 1 saturated heterocycles. The zero-order valence-corrected chi connectivity index (χ0v) is 12.9. The second-order valence-electron chi connectivity index (χ2n) is 6.40. The predicted octanol–water partition coefficient (Wildman–Crippen LogP) is 2.34. The van der Waals surface area contributed by atoms with E-state index in [1.54, 1.807) is 6.92 Å². The van der Waals surface area contributed by atoms with Gasteiger partial charge in [0.05, 0.1) is 0 Å². The highest BCUT2D eigenvalue weighted by Gasteiger charge is 2.34. The first-order valence-electron chi connectivity index (χ1n) is 7.61. The molecule has 1 heterocycles. The number of hydrogen-bond donors (Lipinski definition) is 2. The van der Waals surface area contributed by atoms with E-state index in [0.29, 0.717) is 6.42 Å². The summed E-state index contributed by atoms with van der Waals surface area (Å²) in [7, 11) is 0. The highest BCUT2D eigenvalue weighted by atomic mass is 16.4. The average molecular weight is 270 g/mol. The van der Waals surface area contributed by atoms with Gasteiger partial charge in [0.1, 0.15) is 5.54 Å². The Kier molecular flexibility index (Phi) is 6.27. The first-order valence-corrected chi connectivity index (χ1v) is 7.61. The summed E-state index contributed by atoms with van der Waals surface area (Å²) in [5.41, 5.74) is -0.812. The van der Waals surface area contributed by atoms with Crippen molar-refractivity contribution >= 4 is 5.97 Å². The van der Waals surface area contributed by atoms with Gasteiger partial charge in [-0.15, -0.1) is 0 Å². The number of aliphatic carboxylic acids is 1. The van der Waals surface area contributed by atoms with Gasteiger partial charge in [0.15, 0.2) is 0 Å². The zero-order valence-electron chi connectivity index (χ0n) is 12.9. The van der Waals surface area contributed by atoms with Crippen molar-refractivity contribution < 1.29 is 9.90 Å². The van der Waals surface area contributed by atoms with Crippen molar-refractivity contribution in [2.24, 2.45) is 5.92 Å². The minimum Gasteiger partial charge on any atom is -0.480 e. The van der Waals surface area contributed by atoms with Crippen LogP contribution in [0.15, 0.2) is 0 Å². The smallest absolute Gasteiger partial charge is 0.323 e. The number of piperidine rings is 1. The van der Waals surface area contributed by atoms with Crippen molar-refractivity contribution in [1.82, 2.24) is 10.2 Å². The number of carboxylic acids is 1. The molecular formula is C15H30N2O2.